The van der Waals surface area contributed by atoms with Crippen molar-refractivity contribution in [3.05, 3.63) is 47.9 Å². The maximum atomic E-state index is 12.7. The van der Waals surface area contributed by atoms with Crippen molar-refractivity contribution >= 4 is 23.4 Å². The van der Waals surface area contributed by atoms with E-state index in [9.17, 15) is 9.59 Å². The number of hydrogen-bond acceptors (Lipinski definition) is 7. The summed E-state index contributed by atoms with van der Waals surface area (Å²) in [7, 11) is 1.31. The second kappa shape index (κ2) is 9.36. The van der Waals surface area contributed by atoms with Crippen molar-refractivity contribution in [2.45, 2.75) is 13.8 Å². The Morgan fingerprint density at radius 3 is 2.52 bits per heavy atom. The third-order valence-electron chi connectivity index (χ3n) is 4.76. The van der Waals surface area contributed by atoms with Crippen molar-refractivity contribution in [2.24, 2.45) is 5.92 Å². The van der Waals surface area contributed by atoms with E-state index in [2.05, 4.69) is 38.8 Å². The van der Waals surface area contributed by atoms with Crippen molar-refractivity contribution in [3.8, 4) is 0 Å². The molecule has 1 saturated heterocycles. The van der Waals surface area contributed by atoms with Gasteiger partial charge in [0.1, 0.15) is 5.69 Å². The molecule has 8 nitrogen and oxygen atoms in total. The van der Waals surface area contributed by atoms with E-state index in [1.165, 1.54) is 13.3 Å². The molecule has 0 unspecified atom stereocenters. The van der Waals surface area contributed by atoms with Crippen LogP contribution in [0.3, 0.4) is 0 Å². The summed E-state index contributed by atoms with van der Waals surface area (Å²) in [5.41, 5.74) is 1.66. The van der Waals surface area contributed by atoms with Gasteiger partial charge in [0.05, 0.1) is 18.4 Å². The van der Waals surface area contributed by atoms with Crippen LogP contribution in [0, 0.1) is 5.92 Å². The lowest BCUT2D eigenvalue weighted by atomic mass is 10.2. The summed E-state index contributed by atoms with van der Waals surface area (Å²) in [5.74, 6) is 0.846. The van der Waals surface area contributed by atoms with Crippen LogP contribution in [0.5, 0.6) is 0 Å². The molecule has 1 fully saturated rings. The zero-order valence-corrected chi connectivity index (χ0v) is 17.1. The minimum Gasteiger partial charge on any atom is -0.465 e. The number of nitrogens with zero attached hydrogens (tertiary/aromatic N) is 4. The summed E-state index contributed by atoms with van der Waals surface area (Å²) in [4.78, 5) is 36.9. The number of methoxy groups -OCH3 is 1. The highest BCUT2D eigenvalue weighted by atomic mass is 16.5. The Kier molecular flexibility index (Phi) is 6.64. The molecule has 1 aliphatic rings. The molecule has 0 aromatic carbocycles. The fraction of sp³-hybridized carbons (Fsp3) is 0.429. The van der Waals surface area contributed by atoms with Gasteiger partial charge in [0.25, 0.3) is 5.91 Å². The van der Waals surface area contributed by atoms with Crippen LogP contribution in [0.15, 0.2) is 36.7 Å². The Hall–Kier alpha value is -3.16. The summed E-state index contributed by atoms with van der Waals surface area (Å²) >= 11 is 0. The molecule has 0 saturated carbocycles. The molecular weight excluding hydrogens is 370 g/mol. The van der Waals surface area contributed by atoms with Gasteiger partial charge in [-0.25, -0.2) is 9.78 Å². The van der Waals surface area contributed by atoms with Gasteiger partial charge in [-0.1, -0.05) is 13.8 Å². The van der Waals surface area contributed by atoms with Gasteiger partial charge in [-0.15, -0.1) is 0 Å². The summed E-state index contributed by atoms with van der Waals surface area (Å²) in [6.45, 7) is 7.76. The van der Waals surface area contributed by atoms with Crippen molar-refractivity contribution < 1.29 is 14.3 Å². The standard InChI is InChI=1S/C21H27N5O3/c1-15(2)13-23-17-5-4-8-22-19(17)25-9-11-26(12-10-25)20(27)18-7-6-16(14-24-18)21(28)29-3/h4-8,14-15,23H,9-13H2,1-3H3. The van der Waals surface area contributed by atoms with E-state index in [-0.39, 0.29) is 5.91 Å². The minimum atomic E-state index is -0.470. The summed E-state index contributed by atoms with van der Waals surface area (Å²) in [6.07, 6.45) is 3.16. The molecule has 0 aliphatic carbocycles. The highest BCUT2D eigenvalue weighted by molar-refractivity contribution is 5.94. The number of esters is 1. The first-order valence-electron chi connectivity index (χ1n) is 9.77. The lowest BCUT2D eigenvalue weighted by Gasteiger charge is -2.36. The van der Waals surface area contributed by atoms with E-state index in [0.717, 1.165) is 18.1 Å². The van der Waals surface area contributed by atoms with Gasteiger partial charge in [0.15, 0.2) is 5.82 Å². The Bertz CT molecular complexity index is 846. The van der Waals surface area contributed by atoms with Crippen LogP contribution in [0.25, 0.3) is 0 Å². The average Bonchev–Trinajstić information content (AvgIpc) is 2.77. The van der Waals surface area contributed by atoms with E-state index in [1.807, 2.05) is 12.1 Å². The number of nitrogens with one attached hydrogen (secondary N) is 1. The van der Waals surface area contributed by atoms with Gasteiger partial charge in [-0.2, -0.15) is 0 Å². The minimum absolute atomic E-state index is 0.139. The molecule has 0 radical (unpaired) electrons. The maximum Gasteiger partial charge on any atom is 0.339 e. The number of rotatable bonds is 6. The molecule has 1 amide bonds. The first-order valence-corrected chi connectivity index (χ1v) is 9.77. The number of hydrogen-bond donors (Lipinski definition) is 1. The topological polar surface area (TPSA) is 87.7 Å². The van der Waals surface area contributed by atoms with Crippen LogP contribution in [0.1, 0.15) is 34.7 Å². The van der Waals surface area contributed by atoms with Gasteiger partial charge < -0.3 is 19.9 Å². The predicted molar refractivity (Wildman–Crippen MR) is 111 cm³/mol. The van der Waals surface area contributed by atoms with Crippen molar-refractivity contribution in [3.63, 3.8) is 0 Å². The van der Waals surface area contributed by atoms with Crippen LogP contribution in [-0.2, 0) is 4.74 Å². The Balaban J connectivity index is 1.62. The van der Waals surface area contributed by atoms with Gasteiger partial charge in [0.2, 0.25) is 0 Å². The number of amides is 1. The van der Waals surface area contributed by atoms with Crippen LogP contribution >= 0.6 is 0 Å². The van der Waals surface area contributed by atoms with Crippen molar-refractivity contribution in [2.75, 3.05) is 50.1 Å². The molecule has 3 heterocycles. The zero-order chi connectivity index (χ0) is 20.8. The van der Waals surface area contributed by atoms with E-state index in [4.69, 9.17) is 0 Å². The monoisotopic (exact) mass is 397 g/mol. The SMILES string of the molecule is COC(=O)c1ccc(C(=O)N2CCN(c3ncccc3NCC(C)C)CC2)nc1. The largest absolute Gasteiger partial charge is 0.465 e. The summed E-state index contributed by atoms with van der Waals surface area (Å²) in [5, 5.41) is 3.46. The molecule has 0 spiro atoms. The molecule has 3 rings (SSSR count). The van der Waals surface area contributed by atoms with Gasteiger partial charge in [-0.05, 0) is 30.2 Å². The highest BCUT2D eigenvalue weighted by Crippen LogP contribution is 2.24. The third kappa shape index (κ3) is 5.01. The molecular formula is C21H27N5O3. The number of anilines is 2. The van der Waals surface area contributed by atoms with Crippen LogP contribution in [-0.4, -0.2) is 66.6 Å². The van der Waals surface area contributed by atoms with E-state index >= 15 is 0 Å². The number of aromatic nitrogens is 2. The Labute approximate surface area is 170 Å². The average molecular weight is 397 g/mol. The Morgan fingerprint density at radius 2 is 1.90 bits per heavy atom. The fourth-order valence-corrected chi connectivity index (χ4v) is 3.14. The zero-order valence-electron chi connectivity index (χ0n) is 17.1. The lowest BCUT2D eigenvalue weighted by Crippen LogP contribution is -2.49. The first-order chi connectivity index (χ1) is 14.0. The van der Waals surface area contributed by atoms with Gasteiger partial charge in [-0.3, -0.25) is 9.78 Å². The number of piperazine rings is 1. The van der Waals surface area contributed by atoms with E-state index in [0.29, 0.717) is 43.4 Å². The maximum absolute atomic E-state index is 12.7. The molecule has 1 aliphatic heterocycles. The van der Waals surface area contributed by atoms with E-state index < -0.39 is 5.97 Å². The molecule has 2 aromatic rings. The molecule has 0 atom stereocenters. The molecule has 29 heavy (non-hydrogen) atoms. The third-order valence-corrected chi connectivity index (χ3v) is 4.76. The van der Waals surface area contributed by atoms with Crippen LogP contribution in [0.4, 0.5) is 11.5 Å². The fourth-order valence-electron chi connectivity index (χ4n) is 3.14. The summed E-state index contributed by atoms with van der Waals surface area (Å²) in [6, 6.07) is 7.08. The molecule has 0 bridgehead atoms. The first kappa shape index (κ1) is 20.6. The van der Waals surface area contributed by atoms with Crippen molar-refractivity contribution in [1.29, 1.82) is 0 Å². The summed E-state index contributed by atoms with van der Waals surface area (Å²) < 4.78 is 4.66. The molecule has 8 heteroatoms. The predicted octanol–water partition coefficient (Wildman–Crippen LogP) is 2.29. The van der Waals surface area contributed by atoms with Gasteiger partial charge >= 0.3 is 5.97 Å². The quantitative estimate of drug-likeness (QED) is 0.748. The smallest absolute Gasteiger partial charge is 0.339 e. The van der Waals surface area contributed by atoms with Crippen molar-refractivity contribution in [1.82, 2.24) is 14.9 Å². The van der Waals surface area contributed by atoms with Crippen LogP contribution < -0.4 is 10.2 Å². The highest BCUT2D eigenvalue weighted by Gasteiger charge is 2.25. The normalized spacial score (nSPS) is 14.1. The Morgan fingerprint density at radius 1 is 1.14 bits per heavy atom. The number of carbonyl (C=O) groups excluding carboxylic acids is 2. The van der Waals surface area contributed by atoms with E-state index in [1.54, 1.807) is 23.2 Å². The van der Waals surface area contributed by atoms with Crippen LogP contribution in [0.2, 0.25) is 0 Å². The second-order valence-corrected chi connectivity index (χ2v) is 7.35. The lowest BCUT2D eigenvalue weighted by molar-refractivity contribution is 0.0599. The molecule has 2 aromatic heterocycles. The molecule has 1 N–H and O–H groups in total. The number of pyridine rings is 2. The second-order valence-electron chi connectivity index (χ2n) is 7.35. The number of ether oxygens (including phenoxy) is 1. The number of carbonyl (C=O) groups is 2. The van der Waals surface area contributed by atoms with Gasteiger partial charge in [0, 0.05) is 45.1 Å². The molecule has 154 valence electrons.